The van der Waals surface area contributed by atoms with Crippen LogP contribution in [-0.2, 0) is 22.9 Å². The van der Waals surface area contributed by atoms with Crippen LogP contribution in [0.2, 0.25) is 0 Å². The Balaban J connectivity index is 1.65. The highest BCUT2D eigenvalue weighted by atomic mass is 32.2. The molecule has 0 atom stereocenters. The Hall–Kier alpha value is -2.29. The fourth-order valence-corrected chi connectivity index (χ4v) is 4.94. The number of carbonyl (C=O) groups is 2. The Bertz CT molecular complexity index is 850. The first-order chi connectivity index (χ1) is 13.9. The zero-order valence-electron chi connectivity index (χ0n) is 16.9. The van der Waals surface area contributed by atoms with E-state index in [9.17, 15) is 18.0 Å². The molecule has 2 aliphatic rings. The molecule has 3 rings (SSSR count). The highest BCUT2D eigenvalue weighted by Crippen LogP contribution is 2.21. The van der Waals surface area contributed by atoms with Crippen molar-refractivity contribution < 1.29 is 18.0 Å². The Morgan fingerprint density at radius 3 is 2.45 bits per heavy atom. The molecule has 0 radical (unpaired) electrons. The van der Waals surface area contributed by atoms with Gasteiger partial charge in [-0.25, -0.2) is 22.7 Å². The molecule has 3 N–H and O–H groups in total. The number of fused-ring (bicyclic) bond motifs is 1. The van der Waals surface area contributed by atoms with Crippen LogP contribution in [0.1, 0.15) is 50.2 Å². The Morgan fingerprint density at radius 2 is 1.76 bits per heavy atom. The molecule has 1 aromatic carbocycles. The lowest BCUT2D eigenvalue weighted by molar-refractivity contribution is 0.201. The van der Waals surface area contributed by atoms with Crippen LogP contribution in [0.25, 0.3) is 0 Å². The lowest BCUT2D eigenvalue weighted by atomic mass is 9.96. The molecule has 0 bridgehead atoms. The smallest absolute Gasteiger partial charge is 0.328 e. The molecule has 0 saturated heterocycles. The Morgan fingerprint density at radius 1 is 1.07 bits per heavy atom. The number of benzene rings is 1. The molecule has 29 heavy (non-hydrogen) atoms. The fraction of sp³-hybridized carbons (Fsp3) is 0.600. The largest absolute Gasteiger partial charge is 0.338 e. The van der Waals surface area contributed by atoms with E-state index in [1.807, 2.05) is 6.92 Å². The van der Waals surface area contributed by atoms with E-state index < -0.39 is 16.1 Å². The molecular formula is C20H30N4O4S. The van der Waals surface area contributed by atoms with E-state index in [4.69, 9.17) is 0 Å². The van der Waals surface area contributed by atoms with Crippen LogP contribution in [0.15, 0.2) is 23.1 Å². The van der Waals surface area contributed by atoms with Gasteiger partial charge in [0.1, 0.15) is 0 Å². The van der Waals surface area contributed by atoms with Crippen LogP contribution in [0.5, 0.6) is 0 Å². The van der Waals surface area contributed by atoms with Crippen molar-refractivity contribution in [2.24, 2.45) is 0 Å². The SMILES string of the molecule is CCNC(=O)N1CCc2ccc(S(=O)(=O)NC(=O)NC3CCCCC3)cc2CC1. The normalized spacial score (nSPS) is 17.8. The van der Waals surface area contributed by atoms with Crippen LogP contribution in [0, 0.1) is 0 Å². The minimum atomic E-state index is -3.95. The summed E-state index contributed by atoms with van der Waals surface area (Å²) in [6.45, 7) is 3.56. The predicted octanol–water partition coefficient (Wildman–Crippen LogP) is 2.14. The minimum absolute atomic E-state index is 0.0336. The fourth-order valence-electron chi connectivity index (χ4n) is 3.98. The molecule has 160 valence electrons. The van der Waals surface area contributed by atoms with Gasteiger partial charge in [0.2, 0.25) is 0 Å². The summed E-state index contributed by atoms with van der Waals surface area (Å²) >= 11 is 0. The molecule has 4 amide bonds. The van der Waals surface area contributed by atoms with E-state index >= 15 is 0 Å². The molecule has 9 heteroatoms. The number of nitrogens with one attached hydrogen (secondary N) is 3. The van der Waals surface area contributed by atoms with Crippen LogP contribution in [0.3, 0.4) is 0 Å². The third kappa shape index (κ3) is 5.62. The first-order valence-corrected chi connectivity index (χ1v) is 11.9. The quantitative estimate of drug-likeness (QED) is 0.691. The first-order valence-electron chi connectivity index (χ1n) is 10.4. The van der Waals surface area contributed by atoms with Crippen molar-refractivity contribution >= 4 is 22.1 Å². The van der Waals surface area contributed by atoms with Gasteiger partial charge in [-0.3, -0.25) is 0 Å². The van der Waals surface area contributed by atoms with Crippen molar-refractivity contribution in [1.29, 1.82) is 0 Å². The number of rotatable bonds is 4. The molecule has 0 unspecified atom stereocenters. The van der Waals surface area contributed by atoms with Gasteiger partial charge in [-0.2, -0.15) is 0 Å². The molecule has 8 nitrogen and oxygen atoms in total. The van der Waals surface area contributed by atoms with E-state index in [0.29, 0.717) is 32.5 Å². The molecular weight excluding hydrogens is 392 g/mol. The zero-order chi connectivity index (χ0) is 20.9. The lowest BCUT2D eigenvalue weighted by Gasteiger charge is -2.22. The summed E-state index contributed by atoms with van der Waals surface area (Å²) in [6, 6.07) is 4.18. The van der Waals surface area contributed by atoms with Crippen molar-refractivity contribution in [3.8, 4) is 0 Å². The van der Waals surface area contributed by atoms with Crippen molar-refractivity contribution in [3.05, 3.63) is 29.3 Å². The van der Waals surface area contributed by atoms with Crippen molar-refractivity contribution in [3.63, 3.8) is 0 Å². The third-order valence-corrected chi connectivity index (χ3v) is 6.90. The van der Waals surface area contributed by atoms with Crippen molar-refractivity contribution in [2.45, 2.75) is 62.8 Å². The minimum Gasteiger partial charge on any atom is -0.338 e. The number of nitrogens with zero attached hydrogens (tertiary/aromatic N) is 1. The van der Waals surface area contributed by atoms with Gasteiger partial charge < -0.3 is 15.5 Å². The monoisotopic (exact) mass is 422 g/mol. The van der Waals surface area contributed by atoms with Gasteiger partial charge in [-0.1, -0.05) is 25.3 Å². The van der Waals surface area contributed by atoms with Crippen LogP contribution in [0.4, 0.5) is 9.59 Å². The molecule has 1 aliphatic carbocycles. The van der Waals surface area contributed by atoms with Gasteiger partial charge in [0.25, 0.3) is 10.0 Å². The topological polar surface area (TPSA) is 108 Å². The third-order valence-electron chi connectivity index (χ3n) is 5.57. The van der Waals surface area contributed by atoms with Gasteiger partial charge in [0, 0.05) is 25.7 Å². The number of hydrogen-bond donors (Lipinski definition) is 3. The van der Waals surface area contributed by atoms with Crippen molar-refractivity contribution in [1.82, 2.24) is 20.3 Å². The summed E-state index contributed by atoms with van der Waals surface area (Å²) in [5.74, 6) is 0. The second kappa shape index (κ2) is 9.47. The molecule has 1 saturated carbocycles. The summed E-state index contributed by atoms with van der Waals surface area (Å²) in [5.41, 5.74) is 1.93. The van der Waals surface area contributed by atoms with E-state index in [2.05, 4.69) is 15.4 Å². The molecule has 0 aromatic heterocycles. The summed E-state index contributed by atoms with van der Waals surface area (Å²) in [7, 11) is -3.95. The lowest BCUT2D eigenvalue weighted by Crippen LogP contribution is -2.45. The maximum atomic E-state index is 12.7. The highest BCUT2D eigenvalue weighted by Gasteiger charge is 2.23. The number of urea groups is 2. The predicted molar refractivity (Wildman–Crippen MR) is 110 cm³/mol. The van der Waals surface area contributed by atoms with Crippen LogP contribution in [-0.4, -0.2) is 51.1 Å². The van der Waals surface area contributed by atoms with E-state index in [1.165, 1.54) is 6.07 Å². The second-order valence-electron chi connectivity index (χ2n) is 7.67. The molecule has 1 aromatic rings. The average molecular weight is 423 g/mol. The Labute approximate surface area is 172 Å². The van der Waals surface area contributed by atoms with Crippen molar-refractivity contribution in [2.75, 3.05) is 19.6 Å². The maximum absolute atomic E-state index is 12.7. The number of amides is 4. The van der Waals surface area contributed by atoms with Gasteiger partial charge in [-0.05, 0) is 55.9 Å². The average Bonchev–Trinajstić information content (AvgIpc) is 2.90. The summed E-state index contributed by atoms with van der Waals surface area (Å²) in [4.78, 5) is 26.1. The van der Waals surface area contributed by atoms with Gasteiger partial charge >= 0.3 is 12.1 Å². The van der Waals surface area contributed by atoms with E-state index in [1.54, 1.807) is 17.0 Å². The number of hydrogen-bond acceptors (Lipinski definition) is 4. The zero-order valence-corrected chi connectivity index (χ0v) is 17.7. The first kappa shape index (κ1) is 21.4. The number of sulfonamides is 1. The second-order valence-corrected chi connectivity index (χ2v) is 9.35. The van der Waals surface area contributed by atoms with Crippen LogP contribution >= 0.6 is 0 Å². The standard InChI is InChI=1S/C20H30N4O4S/c1-2-21-20(26)24-12-10-15-8-9-18(14-16(15)11-13-24)29(27,28)23-19(25)22-17-6-4-3-5-7-17/h8-9,14,17H,2-7,10-13H2,1H3,(H,21,26)(H2,22,23,25). The van der Waals surface area contributed by atoms with Gasteiger partial charge in [0.05, 0.1) is 4.90 Å². The molecule has 1 fully saturated rings. The van der Waals surface area contributed by atoms with Crippen LogP contribution < -0.4 is 15.4 Å². The molecule has 0 spiro atoms. The maximum Gasteiger partial charge on any atom is 0.328 e. The van der Waals surface area contributed by atoms with Gasteiger partial charge in [0.15, 0.2) is 0 Å². The summed E-state index contributed by atoms with van der Waals surface area (Å²) in [6.07, 6.45) is 6.27. The van der Waals surface area contributed by atoms with E-state index in [-0.39, 0.29) is 17.0 Å². The van der Waals surface area contributed by atoms with Gasteiger partial charge in [-0.15, -0.1) is 0 Å². The Kier molecular flexibility index (Phi) is 7.00. The highest BCUT2D eigenvalue weighted by molar-refractivity contribution is 7.90. The summed E-state index contributed by atoms with van der Waals surface area (Å²) in [5, 5.41) is 5.56. The molecule has 1 heterocycles. The molecule has 1 aliphatic heterocycles. The van der Waals surface area contributed by atoms with E-state index in [0.717, 1.165) is 43.2 Å². The summed E-state index contributed by atoms with van der Waals surface area (Å²) < 4.78 is 27.5. The number of carbonyl (C=O) groups excluding carboxylic acids is 2.